The molecule has 0 unspecified atom stereocenters. The van der Waals surface area contributed by atoms with Gasteiger partial charge in [0.05, 0.1) is 10.1 Å². The molecular formula is C14H21ClN2O3S3. The van der Waals surface area contributed by atoms with Crippen molar-refractivity contribution in [3.05, 3.63) is 16.5 Å². The number of carbonyl (C=O) groups is 1. The van der Waals surface area contributed by atoms with Crippen LogP contribution in [0.4, 0.5) is 0 Å². The topological polar surface area (TPSA) is 57.7 Å². The average molecular weight is 397 g/mol. The van der Waals surface area contributed by atoms with E-state index in [0.717, 1.165) is 11.3 Å². The smallest absolute Gasteiger partial charge is 0.252 e. The van der Waals surface area contributed by atoms with Crippen LogP contribution in [0.15, 0.2) is 16.3 Å². The standard InChI is InChI=1S/C14H21ClN2O3S3/c1-14(2,3)21-10-12(18)16-6-8-17(9-7-16)23(19,20)13-5-4-11(15)22-13/h4-5H,6-10H2,1-3H3. The Labute approximate surface area is 151 Å². The van der Waals surface area contributed by atoms with E-state index in [4.69, 9.17) is 11.6 Å². The average Bonchev–Trinajstić information content (AvgIpc) is 2.91. The molecule has 5 nitrogen and oxygen atoms in total. The van der Waals surface area contributed by atoms with Crippen LogP contribution in [0.1, 0.15) is 20.8 Å². The monoisotopic (exact) mass is 396 g/mol. The minimum atomic E-state index is -3.50. The molecule has 130 valence electrons. The van der Waals surface area contributed by atoms with Gasteiger partial charge in [-0.25, -0.2) is 8.42 Å². The number of rotatable bonds is 4. The van der Waals surface area contributed by atoms with E-state index in [1.54, 1.807) is 22.7 Å². The van der Waals surface area contributed by atoms with Crippen LogP contribution in [0, 0.1) is 0 Å². The fourth-order valence-electron chi connectivity index (χ4n) is 2.11. The van der Waals surface area contributed by atoms with E-state index in [2.05, 4.69) is 20.8 Å². The molecule has 0 N–H and O–H groups in total. The number of thioether (sulfide) groups is 1. The van der Waals surface area contributed by atoms with Crippen molar-refractivity contribution in [2.75, 3.05) is 31.9 Å². The Bertz CT molecular complexity index is 659. The van der Waals surface area contributed by atoms with Crippen molar-refractivity contribution in [2.24, 2.45) is 0 Å². The number of piperazine rings is 1. The zero-order valence-corrected chi connectivity index (χ0v) is 16.6. The Balaban J connectivity index is 1.92. The zero-order chi connectivity index (χ0) is 17.3. The molecule has 2 rings (SSSR count). The van der Waals surface area contributed by atoms with Crippen LogP contribution in [0.5, 0.6) is 0 Å². The van der Waals surface area contributed by atoms with E-state index in [9.17, 15) is 13.2 Å². The van der Waals surface area contributed by atoms with Gasteiger partial charge in [0.15, 0.2) is 0 Å². The summed E-state index contributed by atoms with van der Waals surface area (Å²) in [6.45, 7) is 7.72. The molecule has 0 aliphatic carbocycles. The molecule has 1 aromatic heterocycles. The second-order valence-electron chi connectivity index (χ2n) is 6.24. The number of hydrogen-bond donors (Lipinski definition) is 0. The molecule has 0 aromatic carbocycles. The van der Waals surface area contributed by atoms with E-state index < -0.39 is 10.0 Å². The highest BCUT2D eigenvalue weighted by atomic mass is 35.5. The summed E-state index contributed by atoms with van der Waals surface area (Å²) in [5, 5.41) is 0. The first-order chi connectivity index (χ1) is 10.6. The summed E-state index contributed by atoms with van der Waals surface area (Å²) < 4.78 is 27.2. The molecule has 0 saturated carbocycles. The molecule has 0 bridgehead atoms. The minimum Gasteiger partial charge on any atom is -0.339 e. The van der Waals surface area contributed by atoms with Gasteiger partial charge in [-0.1, -0.05) is 32.4 Å². The highest BCUT2D eigenvalue weighted by molar-refractivity contribution is 8.01. The first-order valence-electron chi connectivity index (χ1n) is 7.27. The maximum atomic E-state index is 12.5. The Morgan fingerprint density at radius 2 is 1.87 bits per heavy atom. The van der Waals surface area contributed by atoms with Gasteiger partial charge in [-0.2, -0.15) is 4.31 Å². The number of carbonyl (C=O) groups excluding carboxylic acids is 1. The van der Waals surface area contributed by atoms with Crippen LogP contribution in [0.3, 0.4) is 0 Å². The van der Waals surface area contributed by atoms with Crippen molar-refractivity contribution < 1.29 is 13.2 Å². The largest absolute Gasteiger partial charge is 0.339 e. The number of nitrogens with zero attached hydrogens (tertiary/aromatic N) is 2. The van der Waals surface area contributed by atoms with Gasteiger partial charge in [0.1, 0.15) is 4.21 Å². The van der Waals surface area contributed by atoms with Crippen LogP contribution >= 0.6 is 34.7 Å². The van der Waals surface area contributed by atoms with Gasteiger partial charge < -0.3 is 4.90 Å². The number of halogens is 1. The van der Waals surface area contributed by atoms with E-state index in [-0.39, 0.29) is 14.9 Å². The fourth-order valence-corrected chi connectivity index (χ4v) is 5.91. The molecule has 1 amide bonds. The van der Waals surface area contributed by atoms with Crippen molar-refractivity contribution in [3.63, 3.8) is 0 Å². The van der Waals surface area contributed by atoms with E-state index in [1.807, 2.05) is 0 Å². The van der Waals surface area contributed by atoms with Gasteiger partial charge >= 0.3 is 0 Å². The van der Waals surface area contributed by atoms with Gasteiger partial charge in [0, 0.05) is 30.9 Å². The lowest BCUT2D eigenvalue weighted by molar-refractivity contribution is -0.129. The van der Waals surface area contributed by atoms with Crippen LogP contribution in [0.2, 0.25) is 4.34 Å². The van der Waals surface area contributed by atoms with Crippen molar-refractivity contribution in [2.45, 2.75) is 29.7 Å². The molecule has 0 spiro atoms. The molecule has 1 fully saturated rings. The highest BCUT2D eigenvalue weighted by Gasteiger charge is 2.31. The second kappa shape index (κ2) is 7.31. The summed E-state index contributed by atoms with van der Waals surface area (Å²) in [6, 6.07) is 3.11. The lowest BCUT2D eigenvalue weighted by Crippen LogP contribution is -2.51. The van der Waals surface area contributed by atoms with Gasteiger partial charge in [-0.05, 0) is 12.1 Å². The molecular weight excluding hydrogens is 376 g/mol. The number of amides is 1. The summed E-state index contributed by atoms with van der Waals surface area (Å²) in [7, 11) is -3.50. The fraction of sp³-hybridized carbons (Fsp3) is 0.643. The molecule has 0 radical (unpaired) electrons. The van der Waals surface area contributed by atoms with Crippen molar-refractivity contribution in [3.8, 4) is 0 Å². The molecule has 1 aromatic rings. The highest BCUT2D eigenvalue weighted by Crippen LogP contribution is 2.29. The molecule has 1 aliphatic heterocycles. The van der Waals surface area contributed by atoms with Crippen LogP contribution < -0.4 is 0 Å². The Hall–Kier alpha value is -0.280. The van der Waals surface area contributed by atoms with Crippen LogP contribution in [-0.4, -0.2) is 60.2 Å². The minimum absolute atomic E-state index is 0.0409. The third-order valence-corrected chi connectivity index (χ3v) is 8.22. The summed E-state index contributed by atoms with van der Waals surface area (Å²) in [4.78, 5) is 13.9. The predicted octanol–water partition coefficient (Wildman–Crippen LogP) is 2.77. The van der Waals surface area contributed by atoms with Gasteiger partial charge in [0.25, 0.3) is 10.0 Å². The van der Waals surface area contributed by atoms with Crippen LogP contribution in [0.25, 0.3) is 0 Å². The lowest BCUT2D eigenvalue weighted by Gasteiger charge is -2.34. The van der Waals surface area contributed by atoms with Crippen molar-refractivity contribution in [1.29, 1.82) is 0 Å². The second-order valence-corrected chi connectivity index (χ2v) is 11.9. The lowest BCUT2D eigenvalue weighted by atomic mass is 10.3. The number of sulfonamides is 1. The first kappa shape index (κ1) is 19.1. The molecule has 1 saturated heterocycles. The molecule has 9 heteroatoms. The van der Waals surface area contributed by atoms with Crippen LogP contribution in [-0.2, 0) is 14.8 Å². The van der Waals surface area contributed by atoms with E-state index in [0.29, 0.717) is 36.3 Å². The number of thiophene rings is 1. The maximum absolute atomic E-state index is 12.5. The van der Waals surface area contributed by atoms with Gasteiger partial charge in [-0.3, -0.25) is 4.79 Å². The summed E-state index contributed by atoms with van der Waals surface area (Å²) in [5.74, 6) is 0.498. The van der Waals surface area contributed by atoms with Gasteiger partial charge in [-0.15, -0.1) is 23.1 Å². The molecule has 2 heterocycles. The molecule has 0 atom stereocenters. The third kappa shape index (κ3) is 5.09. The summed E-state index contributed by atoms with van der Waals surface area (Å²) >= 11 is 8.49. The maximum Gasteiger partial charge on any atom is 0.252 e. The SMILES string of the molecule is CC(C)(C)SCC(=O)N1CCN(S(=O)(=O)c2ccc(Cl)s2)CC1. The van der Waals surface area contributed by atoms with Gasteiger partial charge in [0.2, 0.25) is 5.91 Å². The zero-order valence-electron chi connectivity index (χ0n) is 13.4. The molecule has 1 aliphatic rings. The summed E-state index contributed by atoms with van der Waals surface area (Å²) in [5.41, 5.74) is 0. The Morgan fingerprint density at radius 3 is 2.35 bits per heavy atom. The summed E-state index contributed by atoms with van der Waals surface area (Å²) in [6.07, 6.45) is 0. The normalized spacial score (nSPS) is 17.5. The quantitative estimate of drug-likeness (QED) is 0.785. The number of hydrogen-bond acceptors (Lipinski definition) is 5. The van der Waals surface area contributed by atoms with Crippen molar-refractivity contribution >= 4 is 50.6 Å². The first-order valence-corrected chi connectivity index (χ1v) is 10.9. The van der Waals surface area contributed by atoms with E-state index >= 15 is 0 Å². The predicted molar refractivity (Wildman–Crippen MR) is 96.9 cm³/mol. The Morgan fingerprint density at radius 1 is 1.26 bits per heavy atom. The van der Waals surface area contributed by atoms with E-state index in [1.165, 1.54) is 10.4 Å². The molecule has 23 heavy (non-hydrogen) atoms. The third-order valence-electron chi connectivity index (χ3n) is 3.36. The van der Waals surface area contributed by atoms with Crippen molar-refractivity contribution in [1.82, 2.24) is 9.21 Å². The Kier molecular flexibility index (Phi) is 6.05.